The maximum absolute atomic E-state index is 13.5. The van der Waals surface area contributed by atoms with Crippen molar-refractivity contribution < 1.29 is 19.1 Å². The number of amides is 2. The number of fused-ring (bicyclic) bond motifs is 1. The van der Waals surface area contributed by atoms with Gasteiger partial charge in [-0.05, 0) is 36.8 Å². The Morgan fingerprint density at radius 1 is 1.14 bits per heavy atom. The number of benzene rings is 2. The minimum atomic E-state index is -1.51. The molecular weight excluding hydrogens is 382 g/mol. The molecule has 2 aliphatic rings. The fraction of sp³-hybridized carbons (Fsp3) is 0.200. The van der Waals surface area contributed by atoms with E-state index in [0.29, 0.717) is 16.3 Å². The third-order valence-electron chi connectivity index (χ3n) is 5.05. The zero-order valence-electron chi connectivity index (χ0n) is 15.1. The van der Waals surface area contributed by atoms with Gasteiger partial charge in [-0.3, -0.25) is 15.0 Å². The number of ether oxygens (including phenoxy) is 1. The number of hydrazone groups is 1. The average Bonchev–Trinajstić information content (AvgIpc) is 3.19. The lowest BCUT2D eigenvalue weighted by Gasteiger charge is -2.26. The number of carbonyl (C=O) groups excluding carboxylic acids is 3. The molecule has 4 rings (SSSR count). The SMILES string of the molecule is COC(=O)C1=NN[C@]2(c3ccc(C)cc3)C(=O)N(c3ccc(Cl)cc3)C(=O)[C@@H]12. The highest BCUT2D eigenvalue weighted by atomic mass is 35.5. The molecule has 2 aromatic carbocycles. The van der Waals surface area contributed by atoms with Crippen molar-refractivity contribution in [3.05, 3.63) is 64.7 Å². The molecule has 1 fully saturated rings. The van der Waals surface area contributed by atoms with E-state index in [9.17, 15) is 14.4 Å². The number of nitrogens with one attached hydrogen (secondary N) is 1. The van der Waals surface area contributed by atoms with E-state index in [-0.39, 0.29) is 5.71 Å². The molecule has 7 nitrogen and oxygen atoms in total. The molecule has 0 saturated carbocycles. The number of anilines is 1. The van der Waals surface area contributed by atoms with E-state index in [4.69, 9.17) is 16.3 Å². The van der Waals surface area contributed by atoms with Gasteiger partial charge < -0.3 is 4.74 Å². The number of esters is 1. The van der Waals surface area contributed by atoms with E-state index < -0.39 is 29.2 Å². The highest BCUT2D eigenvalue weighted by Crippen LogP contribution is 2.45. The van der Waals surface area contributed by atoms with Gasteiger partial charge in [-0.2, -0.15) is 5.10 Å². The Bertz CT molecular complexity index is 1020. The van der Waals surface area contributed by atoms with E-state index in [1.807, 2.05) is 19.1 Å². The second-order valence-electron chi connectivity index (χ2n) is 6.66. The smallest absolute Gasteiger partial charge is 0.355 e. The molecule has 2 aliphatic heterocycles. The van der Waals surface area contributed by atoms with Crippen LogP contribution < -0.4 is 10.3 Å². The lowest BCUT2D eigenvalue weighted by Crippen LogP contribution is -2.48. The minimum Gasteiger partial charge on any atom is -0.464 e. The number of nitrogens with zero attached hydrogens (tertiary/aromatic N) is 2. The van der Waals surface area contributed by atoms with Gasteiger partial charge in [0.2, 0.25) is 5.91 Å². The van der Waals surface area contributed by atoms with Gasteiger partial charge >= 0.3 is 5.97 Å². The number of rotatable bonds is 3. The normalized spacial score (nSPS) is 23.3. The van der Waals surface area contributed by atoms with Crippen molar-refractivity contribution >= 4 is 40.8 Å². The molecule has 0 aliphatic carbocycles. The monoisotopic (exact) mass is 397 g/mol. The van der Waals surface area contributed by atoms with Crippen molar-refractivity contribution in [2.24, 2.45) is 11.0 Å². The average molecular weight is 398 g/mol. The van der Waals surface area contributed by atoms with Crippen molar-refractivity contribution in [2.45, 2.75) is 12.5 Å². The van der Waals surface area contributed by atoms with Gasteiger partial charge in [-0.25, -0.2) is 9.69 Å². The second kappa shape index (κ2) is 6.45. The van der Waals surface area contributed by atoms with Crippen LogP contribution >= 0.6 is 11.6 Å². The first kappa shape index (κ1) is 18.2. The fourth-order valence-electron chi connectivity index (χ4n) is 3.64. The molecule has 2 atom stereocenters. The number of hydrogen-bond acceptors (Lipinski definition) is 6. The largest absolute Gasteiger partial charge is 0.464 e. The maximum Gasteiger partial charge on any atom is 0.355 e. The molecule has 2 aromatic rings. The summed E-state index contributed by atoms with van der Waals surface area (Å²) in [5.74, 6) is -2.96. The molecule has 0 aromatic heterocycles. The zero-order chi connectivity index (χ0) is 20.1. The van der Waals surface area contributed by atoms with Gasteiger partial charge in [-0.15, -0.1) is 0 Å². The molecule has 0 unspecified atom stereocenters. The van der Waals surface area contributed by atoms with Crippen molar-refractivity contribution in [1.82, 2.24) is 5.43 Å². The van der Waals surface area contributed by atoms with Crippen LogP contribution in [0.3, 0.4) is 0 Å². The summed E-state index contributed by atoms with van der Waals surface area (Å²) in [7, 11) is 1.20. The van der Waals surface area contributed by atoms with Crippen LogP contribution in [0.4, 0.5) is 5.69 Å². The third-order valence-corrected chi connectivity index (χ3v) is 5.31. The maximum atomic E-state index is 13.5. The Morgan fingerprint density at radius 2 is 1.79 bits per heavy atom. The summed E-state index contributed by atoms with van der Waals surface area (Å²) in [6, 6.07) is 13.5. The summed E-state index contributed by atoms with van der Waals surface area (Å²) >= 11 is 5.93. The zero-order valence-corrected chi connectivity index (χ0v) is 15.9. The molecule has 8 heteroatoms. The van der Waals surface area contributed by atoms with Crippen LogP contribution in [0.1, 0.15) is 11.1 Å². The number of aryl methyl sites for hydroxylation is 1. The summed E-state index contributed by atoms with van der Waals surface area (Å²) in [6.07, 6.45) is 0. The Balaban J connectivity index is 1.88. The molecule has 1 N–H and O–H groups in total. The van der Waals surface area contributed by atoms with E-state index >= 15 is 0 Å². The minimum absolute atomic E-state index is 0.127. The Morgan fingerprint density at radius 3 is 2.39 bits per heavy atom. The Labute approximate surface area is 165 Å². The molecule has 28 heavy (non-hydrogen) atoms. The lowest BCUT2D eigenvalue weighted by atomic mass is 9.78. The summed E-state index contributed by atoms with van der Waals surface area (Å²) in [4.78, 5) is 40.1. The fourth-order valence-corrected chi connectivity index (χ4v) is 3.76. The summed E-state index contributed by atoms with van der Waals surface area (Å²) < 4.78 is 4.77. The number of methoxy groups -OCH3 is 1. The first-order chi connectivity index (χ1) is 13.4. The van der Waals surface area contributed by atoms with Gasteiger partial charge in [-0.1, -0.05) is 41.4 Å². The summed E-state index contributed by atoms with van der Waals surface area (Å²) in [5, 5.41) is 4.49. The third kappa shape index (κ3) is 2.43. The predicted molar refractivity (Wildman–Crippen MR) is 103 cm³/mol. The Hall–Kier alpha value is -3.19. The van der Waals surface area contributed by atoms with Crippen LogP contribution in [0.25, 0.3) is 0 Å². The van der Waals surface area contributed by atoms with E-state index in [1.54, 1.807) is 36.4 Å². The van der Waals surface area contributed by atoms with Gasteiger partial charge in [0.1, 0.15) is 5.92 Å². The molecular formula is C20H16ClN3O4. The number of carbonyl (C=O) groups is 3. The molecule has 0 bridgehead atoms. The topological polar surface area (TPSA) is 88.1 Å². The highest BCUT2D eigenvalue weighted by molar-refractivity contribution is 6.47. The Kier molecular flexibility index (Phi) is 4.19. The molecule has 0 spiro atoms. The van der Waals surface area contributed by atoms with Gasteiger partial charge in [0, 0.05) is 5.02 Å². The van der Waals surface area contributed by atoms with E-state index in [2.05, 4.69) is 10.5 Å². The summed E-state index contributed by atoms with van der Waals surface area (Å²) in [5.41, 5.74) is 3.05. The van der Waals surface area contributed by atoms with Crippen molar-refractivity contribution in [2.75, 3.05) is 12.0 Å². The number of hydrogen-bond donors (Lipinski definition) is 1. The predicted octanol–water partition coefficient (Wildman–Crippen LogP) is 2.17. The molecule has 2 heterocycles. The van der Waals surface area contributed by atoms with Crippen molar-refractivity contribution in [3.63, 3.8) is 0 Å². The standard InChI is InChI=1S/C20H16ClN3O4/c1-11-3-5-12(6-4-11)20-15(16(22-23-20)18(26)28-2)17(25)24(19(20)27)14-9-7-13(21)8-10-14/h3-10,15,23H,1-2H3/t15-,20+/m1/s1. The lowest BCUT2D eigenvalue weighted by molar-refractivity contribution is -0.133. The summed E-state index contributed by atoms with van der Waals surface area (Å²) in [6.45, 7) is 1.92. The van der Waals surface area contributed by atoms with Crippen LogP contribution in [0.5, 0.6) is 0 Å². The number of halogens is 1. The van der Waals surface area contributed by atoms with Crippen LogP contribution in [-0.4, -0.2) is 30.6 Å². The first-order valence-electron chi connectivity index (χ1n) is 8.54. The first-order valence-corrected chi connectivity index (χ1v) is 8.92. The van der Waals surface area contributed by atoms with Crippen LogP contribution in [0, 0.1) is 12.8 Å². The van der Waals surface area contributed by atoms with Crippen LogP contribution in [0.15, 0.2) is 53.6 Å². The number of imide groups is 1. The molecule has 142 valence electrons. The van der Waals surface area contributed by atoms with Gasteiger partial charge in [0.05, 0.1) is 12.8 Å². The van der Waals surface area contributed by atoms with Gasteiger partial charge in [0.25, 0.3) is 5.91 Å². The second-order valence-corrected chi connectivity index (χ2v) is 7.10. The van der Waals surface area contributed by atoms with Crippen molar-refractivity contribution in [1.29, 1.82) is 0 Å². The van der Waals surface area contributed by atoms with Crippen LogP contribution in [-0.2, 0) is 24.7 Å². The quantitative estimate of drug-likeness (QED) is 0.633. The molecule has 2 amide bonds. The van der Waals surface area contributed by atoms with Crippen LogP contribution in [0.2, 0.25) is 5.02 Å². The van der Waals surface area contributed by atoms with E-state index in [1.165, 1.54) is 7.11 Å². The van der Waals surface area contributed by atoms with E-state index in [0.717, 1.165) is 10.5 Å². The highest BCUT2D eigenvalue weighted by Gasteiger charge is 2.67. The molecule has 0 radical (unpaired) electrons. The van der Waals surface area contributed by atoms with Gasteiger partial charge in [0.15, 0.2) is 11.3 Å². The molecule has 1 saturated heterocycles. The van der Waals surface area contributed by atoms with Crippen molar-refractivity contribution in [3.8, 4) is 0 Å².